The Kier molecular flexibility index (Phi) is 4.44. The number of piperazine rings is 1. The van der Waals surface area contributed by atoms with Crippen molar-refractivity contribution in [2.45, 2.75) is 6.92 Å². The van der Waals surface area contributed by atoms with Crippen LogP contribution in [0.2, 0.25) is 0 Å². The average molecular weight is 385 g/mol. The molecule has 0 saturated carbocycles. The van der Waals surface area contributed by atoms with Gasteiger partial charge in [-0.05, 0) is 44.3 Å². The molecule has 1 saturated heterocycles. The maximum absolute atomic E-state index is 4.93. The van der Waals surface area contributed by atoms with Crippen molar-refractivity contribution in [1.29, 1.82) is 0 Å². The summed E-state index contributed by atoms with van der Waals surface area (Å²) >= 11 is 0. The zero-order valence-corrected chi connectivity index (χ0v) is 16.7. The highest BCUT2D eigenvalue weighted by molar-refractivity contribution is 5.79. The second-order valence-corrected chi connectivity index (χ2v) is 7.43. The van der Waals surface area contributed by atoms with Crippen molar-refractivity contribution in [3.63, 3.8) is 0 Å². The standard InChI is InChI=1S/C22H23N7/c1-16-6-5-7-17(24-16)20-21(29-11-4-3-8-19(29)26-20)18-9-10-23-22(25-18)28-14-12-27(2)13-15-28/h3-11H,12-15H2,1-2H3. The van der Waals surface area contributed by atoms with Crippen LogP contribution in [0.5, 0.6) is 0 Å². The van der Waals surface area contributed by atoms with E-state index in [0.29, 0.717) is 0 Å². The molecule has 0 aliphatic carbocycles. The molecule has 0 bridgehead atoms. The Morgan fingerprint density at radius 3 is 2.52 bits per heavy atom. The van der Waals surface area contributed by atoms with Crippen LogP contribution in [0.1, 0.15) is 5.69 Å². The molecule has 0 amide bonds. The van der Waals surface area contributed by atoms with E-state index < -0.39 is 0 Å². The fourth-order valence-corrected chi connectivity index (χ4v) is 3.73. The predicted molar refractivity (Wildman–Crippen MR) is 114 cm³/mol. The van der Waals surface area contributed by atoms with Gasteiger partial charge in [-0.15, -0.1) is 0 Å². The molecule has 7 nitrogen and oxygen atoms in total. The normalized spacial score (nSPS) is 15.2. The lowest BCUT2D eigenvalue weighted by Crippen LogP contribution is -2.45. The van der Waals surface area contributed by atoms with Gasteiger partial charge < -0.3 is 9.80 Å². The highest BCUT2D eigenvalue weighted by atomic mass is 15.3. The topological polar surface area (TPSA) is 62.5 Å². The zero-order valence-electron chi connectivity index (χ0n) is 16.7. The van der Waals surface area contributed by atoms with Crippen LogP contribution in [0.15, 0.2) is 54.9 Å². The number of hydrogen-bond donors (Lipinski definition) is 0. The number of aromatic nitrogens is 5. The van der Waals surface area contributed by atoms with Crippen molar-refractivity contribution in [3.8, 4) is 22.8 Å². The smallest absolute Gasteiger partial charge is 0.225 e. The first-order chi connectivity index (χ1) is 14.2. The van der Waals surface area contributed by atoms with Crippen LogP contribution in [-0.2, 0) is 0 Å². The Bertz CT molecular complexity index is 1160. The number of imidazole rings is 1. The average Bonchev–Trinajstić information content (AvgIpc) is 3.14. The molecule has 0 atom stereocenters. The lowest BCUT2D eigenvalue weighted by Gasteiger charge is -2.32. The molecule has 0 spiro atoms. The number of likely N-dealkylation sites (N-methyl/N-ethyl adjacent to an activating group) is 1. The summed E-state index contributed by atoms with van der Waals surface area (Å²) in [6.45, 7) is 5.89. The van der Waals surface area contributed by atoms with E-state index in [1.165, 1.54) is 0 Å². The Hall–Kier alpha value is -3.32. The Morgan fingerprint density at radius 2 is 1.69 bits per heavy atom. The van der Waals surface area contributed by atoms with Gasteiger partial charge in [-0.25, -0.2) is 15.0 Å². The van der Waals surface area contributed by atoms with E-state index >= 15 is 0 Å². The van der Waals surface area contributed by atoms with E-state index in [2.05, 4.69) is 26.2 Å². The molecule has 5 heterocycles. The summed E-state index contributed by atoms with van der Waals surface area (Å²) < 4.78 is 2.08. The van der Waals surface area contributed by atoms with Gasteiger partial charge in [-0.2, -0.15) is 0 Å². The first kappa shape index (κ1) is 17.8. The molecule has 0 N–H and O–H groups in total. The van der Waals surface area contributed by atoms with Crippen LogP contribution in [0, 0.1) is 6.92 Å². The predicted octanol–water partition coefficient (Wildman–Crippen LogP) is 2.91. The summed E-state index contributed by atoms with van der Waals surface area (Å²) in [4.78, 5) is 23.6. The molecular formula is C22H23N7. The van der Waals surface area contributed by atoms with Crippen molar-refractivity contribution in [2.24, 2.45) is 0 Å². The molecule has 1 fully saturated rings. The van der Waals surface area contributed by atoms with Gasteiger partial charge >= 0.3 is 0 Å². The number of pyridine rings is 2. The fourth-order valence-electron chi connectivity index (χ4n) is 3.73. The van der Waals surface area contributed by atoms with Crippen molar-refractivity contribution in [3.05, 3.63) is 60.6 Å². The molecule has 4 aromatic heterocycles. The minimum Gasteiger partial charge on any atom is -0.338 e. The minimum absolute atomic E-state index is 0.768. The number of rotatable bonds is 3. The molecule has 0 radical (unpaired) electrons. The van der Waals surface area contributed by atoms with Gasteiger partial charge in [0, 0.05) is 44.3 Å². The van der Waals surface area contributed by atoms with Gasteiger partial charge in [0.2, 0.25) is 5.95 Å². The third-order valence-corrected chi connectivity index (χ3v) is 5.33. The van der Waals surface area contributed by atoms with Gasteiger partial charge in [0.25, 0.3) is 0 Å². The number of anilines is 1. The molecule has 0 unspecified atom stereocenters. The van der Waals surface area contributed by atoms with Crippen LogP contribution in [0.3, 0.4) is 0 Å². The van der Waals surface area contributed by atoms with Crippen molar-refractivity contribution in [1.82, 2.24) is 29.2 Å². The summed E-state index contributed by atoms with van der Waals surface area (Å²) in [7, 11) is 2.15. The Labute approximate surface area is 169 Å². The van der Waals surface area contributed by atoms with E-state index in [4.69, 9.17) is 15.0 Å². The van der Waals surface area contributed by atoms with Crippen LogP contribution < -0.4 is 4.90 Å². The Balaban J connectivity index is 1.65. The highest BCUT2D eigenvalue weighted by Crippen LogP contribution is 2.31. The molecule has 0 aromatic carbocycles. The van der Waals surface area contributed by atoms with Crippen molar-refractivity contribution < 1.29 is 0 Å². The quantitative estimate of drug-likeness (QED) is 0.540. The second kappa shape index (κ2) is 7.25. The minimum atomic E-state index is 0.768. The largest absolute Gasteiger partial charge is 0.338 e. The first-order valence-electron chi connectivity index (χ1n) is 9.87. The Morgan fingerprint density at radius 1 is 0.828 bits per heavy atom. The van der Waals surface area contributed by atoms with E-state index in [1.54, 1.807) is 0 Å². The summed E-state index contributed by atoms with van der Waals surface area (Å²) in [6.07, 6.45) is 3.86. The maximum Gasteiger partial charge on any atom is 0.225 e. The number of aryl methyl sites for hydroxylation is 1. The second-order valence-electron chi connectivity index (χ2n) is 7.43. The van der Waals surface area contributed by atoms with Crippen LogP contribution in [-0.4, -0.2) is 62.5 Å². The van der Waals surface area contributed by atoms with Gasteiger partial charge in [0.05, 0.1) is 11.4 Å². The lowest BCUT2D eigenvalue weighted by atomic mass is 10.1. The van der Waals surface area contributed by atoms with E-state index in [9.17, 15) is 0 Å². The number of fused-ring (bicyclic) bond motifs is 1. The van der Waals surface area contributed by atoms with Crippen molar-refractivity contribution >= 4 is 11.6 Å². The van der Waals surface area contributed by atoms with Gasteiger partial charge in [-0.1, -0.05) is 12.1 Å². The molecular weight excluding hydrogens is 362 g/mol. The van der Waals surface area contributed by atoms with Gasteiger partial charge in [0.15, 0.2) is 0 Å². The highest BCUT2D eigenvalue weighted by Gasteiger charge is 2.21. The number of hydrogen-bond acceptors (Lipinski definition) is 6. The fraction of sp³-hybridized carbons (Fsp3) is 0.273. The summed E-state index contributed by atoms with van der Waals surface area (Å²) in [5.74, 6) is 0.768. The SMILES string of the molecule is Cc1cccc(-c2nc3ccccn3c2-c2ccnc(N3CCN(C)CC3)n2)n1. The molecule has 7 heteroatoms. The molecule has 1 aliphatic rings. The summed E-state index contributed by atoms with van der Waals surface area (Å²) in [5.41, 5.74) is 5.32. The van der Waals surface area contributed by atoms with Gasteiger partial charge in [0.1, 0.15) is 17.0 Å². The first-order valence-corrected chi connectivity index (χ1v) is 9.87. The third-order valence-electron chi connectivity index (χ3n) is 5.33. The van der Waals surface area contributed by atoms with Crippen LogP contribution >= 0.6 is 0 Å². The molecule has 5 rings (SSSR count). The molecule has 29 heavy (non-hydrogen) atoms. The molecule has 1 aliphatic heterocycles. The van der Waals surface area contributed by atoms with Gasteiger partial charge in [-0.3, -0.25) is 9.38 Å². The summed E-state index contributed by atoms with van der Waals surface area (Å²) in [5, 5.41) is 0. The molecule has 146 valence electrons. The van der Waals surface area contributed by atoms with Crippen LogP contribution in [0.4, 0.5) is 5.95 Å². The van der Waals surface area contributed by atoms with E-state index in [0.717, 1.165) is 66.2 Å². The summed E-state index contributed by atoms with van der Waals surface area (Å²) in [6, 6.07) is 14.0. The van der Waals surface area contributed by atoms with Crippen LogP contribution in [0.25, 0.3) is 28.4 Å². The van der Waals surface area contributed by atoms with E-state index in [-0.39, 0.29) is 0 Å². The lowest BCUT2D eigenvalue weighted by molar-refractivity contribution is 0.311. The molecule has 4 aromatic rings. The van der Waals surface area contributed by atoms with E-state index in [1.807, 2.05) is 61.8 Å². The third kappa shape index (κ3) is 3.34. The van der Waals surface area contributed by atoms with Crippen molar-refractivity contribution in [2.75, 3.05) is 38.1 Å². The zero-order chi connectivity index (χ0) is 19.8. The maximum atomic E-state index is 4.93. The number of nitrogens with zero attached hydrogens (tertiary/aromatic N) is 7. The monoisotopic (exact) mass is 385 g/mol.